The molecular formula is C34H54FeP2. The van der Waals surface area contributed by atoms with Gasteiger partial charge in [0.05, 0.1) is 0 Å². The zero-order chi connectivity index (χ0) is 24.4. The predicted octanol–water partition coefficient (Wildman–Crippen LogP) is 10.8. The Bertz CT molecular complexity index is 691. The standard InChI is InChI=1S/C17H30P.C17H24P.Fe/c2*1-3-9-15(10-4-1)18(17-13-7-8-14-17)16-11-5-2-6-12-16;/h13,15-17H,1-12,14H2;1,3-4,9-10,13,16-17H,2,5-8,11-12,14H2;/q2*-1;+2. The summed E-state index contributed by atoms with van der Waals surface area (Å²) in [6, 6.07) is 11.4. The van der Waals surface area contributed by atoms with Crippen molar-refractivity contribution in [2.75, 3.05) is 0 Å². The third kappa shape index (κ3) is 8.79. The van der Waals surface area contributed by atoms with Gasteiger partial charge in [0, 0.05) is 0 Å². The van der Waals surface area contributed by atoms with E-state index in [-0.39, 0.29) is 25.0 Å². The van der Waals surface area contributed by atoms with Gasteiger partial charge in [-0.3, -0.25) is 0 Å². The van der Waals surface area contributed by atoms with Crippen LogP contribution in [-0.4, -0.2) is 28.3 Å². The van der Waals surface area contributed by atoms with Crippen LogP contribution >= 0.6 is 15.8 Å². The van der Waals surface area contributed by atoms with Gasteiger partial charge in [0.15, 0.2) is 0 Å². The first-order chi connectivity index (χ1) is 17.9. The first kappa shape index (κ1) is 30.6. The molecule has 0 heterocycles. The van der Waals surface area contributed by atoms with Gasteiger partial charge in [-0.15, -0.1) is 19.2 Å². The Morgan fingerprint density at radius 3 is 1.41 bits per heavy atom. The zero-order valence-electron chi connectivity index (χ0n) is 23.5. The Balaban J connectivity index is 0.000000168. The smallest absolute Gasteiger partial charge is 0.321 e. The second-order valence-corrected chi connectivity index (χ2v) is 18.3. The maximum absolute atomic E-state index is 2.74. The molecule has 0 aromatic heterocycles. The molecule has 208 valence electrons. The molecule has 3 heteroatoms. The summed E-state index contributed by atoms with van der Waals surface area (Å²) >= 11 is 0. The third-order valence-corrected chi connectivity index (χ3v) is 17.4. The van der Waals surface area contributed by atoms with E-state index in [2.05, 4.69) is 43.2 Å². The van der Waals surface area contributed by atoms with Crippen molar-refractivity contribution in [3.8, 4) is 0 Å². The van der Waals surface area contributed by atoms with Gasteiger partial charge in [-0.25, -0.2) is 0 Å². The fourth-order valence-electron chi connectivity index (χ4n) is 8.26. The second-order valence-electron chi connectivity index (χ2n) is 12.5. The molecule has 1 aromatic rings. The van der Waals surface area contributed by atoms with E-state index in [1.54, 1.807) is 63.1 Å². The fraction of sp³-hybridized carbons (Fsp3) is 0.765. The number of hydrogen-bond acceptors (Lipinski definition) is 0. The van der Waals surface area contributed by atoms with Crippen LogP contribution in [0.25, 0.3) is 0 Å². The Hall–Kier alpha value is 0.599. The Morgan fingerprint density at radius 2 is 0.946 bits per heavy atom. The summed E-state index contributed by atoms with van der Waals surface area (Å²) in [5.74, 6) is 0. The summed E-state index contributed by atoms with van der Waals surface area (Å²) in [4.78, 5) is 0. The summed E-state index contributed by atoms with van der Waals surface area (Å²) in [6.07, 6.45) is 37.1. The summed E-state index contributed by atoms with van der Waals surface area (Å²) in [5.41, 5.74) is 5.33. The quantitative estimate of drug-likeness (QED) is 0.178. The first-order valence-electron chi connectivity index (χ1n) is 16.2. The van der Waals surface area contributed by atoms with Crippen molar-refractivity contribution >= 4 is 21.1 Å². The molecule has 37 heavy (non-hydrogen) atoms. The molecule has 0 nitrogen and oxygen atoms in total. The van der Waals surface area contributed by atoms with Crippen molar-refractivity contribution in [1.82, 2.24) is 0 Å². The maximum atomic E-state index is 2.74. The van der Waals surface area contributed by atoms with E-state index in [4.69, 9.17) is 0 Å². The van der Waals surface area contributed by atoms with Crippen molar-refractivity contribution in [3.63, 3.8) is 0 Å². The average Bonchev–Trinajstić information content (AvgIpc) is 3.68. The average molecular weight is 581 g/mol. The Labute approximate surface area is 243 Å². The monoisotopic (exact) mass is 580 g/mol. The van der Waals surface area contributed by atoms with Crippen LogP contribution in [-0.2, 0) is 17.1 Å². The third-order valence-electron chi connectivity index (χ3n) is 10.0. The number of rotatable bonds is 6. The summed E-state index contributed by atoms with van der Waals surface area (Å²) in [6.45, 7) is 0. The molecule has 0 bridgehead atoms. The van der Waals surface area contributed by atoms with Gasteiger partial charge in [0.1, 0.15) is 0 Å². The molecule has 5 aliphatic carbocycles. The van der Waals surface area contributed by atoms with Gasteiger partial charge in [-0.2, -0.15) is 12.8 Å². The van der Waals surface area contributed by atoms with E-state index in [0.717, 1.165) is 28.3 Å². The summed E-state index contributed by atoms with van der Waals surface area (Å²) in [5, 5.41) is 1.67. The molecule has 0 N–H and O–H groups in total. The molecule has 1 aromatic carbocycles. The molecule has 0 radical (unpaired) electrons. The van der Waals surface area contributed by atoms with E-state index in [1.165, 1.54) is 77.0 Å². The van der Waals surface area contributed by atoms with Crippen molar-refractivity contribution in [1.29, 1.82) is 0 Å². The van der Waals surface area contributed by atoms with Gasteiger partial charge in [0.25, 0.3) is 0 Å². The van der Waals surface area contributed by atoms with Gasteiger partial charge in [-0.05, 0) is 60.8 Å². The SMILES string of the molecule is [CH-]1CCCC1P(C1CCCCC1)C1CCCCC1.[Fe+2].c1ccc(P(C2[CH-]CCC2)C2CCCCC2)cc1. The van der Waals surface area contributed by atoms with E-state index in [1.807, 2.05) is 0 Å². The fourth-order valence-corrected chi connectivity index (χ4v) is 16.4. The normalized spacial score (nSPS) is 28.9. The molecule has 5 aliphatic rings. The predicted molar refractivity (Wildman–Crippen MR) is 164 cm³/mol. The van der Waals surface area contributed by atoms with Crippen LogP contribution in [0.3, 0.4) is 0 Å². The van der Waals surface area contributed by atoms with Gasteiger partial charge >= 0.3 is 17.1 Å². The second kappa shape index (κ2) is 16.8. The van der Waals surface area contributed by atoms with Gasteiger partial charge in [0.2, 0.25) is 0 Å². The molecule has 5 saturated carbocycles. The van der Waals surface area contributed by atoms with E-state index < -0.39 is 0 Å². The largest absolute Gasteiger partial charge is 2.00 e. The van der Waals surface area contributed by atoms with Crippen molar-refractivity contribution in [2.45, 2.75) is 163 Å². The minimum Gasteiger partial charge on any atom is -0.321 e. The molecular weight excluding hydrogens is 526 g/mol. The van der Waals surface area contributed by atoms with Crippen molar-refractivity contribution in [2.24, 2.45) is 0 Å². The molecule has 6 rings (SSSR count). The molecule has 5 fully saturated rings. The van der Waals surface area contributed by atoms with Gasteiger partial charge < -0.3 is 12.8 Å². The summed E-state index contributed by atoms with van der Waals surface area (Å²) in [7, 11) is 0.416. The van der Waals surface area contributed by atoms with Crippen LogP contribution in [0, 0.1) is 12.8 Å². The van der Waals surface area contributed by atoms with Crippen LogP contribution in [0.5, 0.6) is 0 Å². The van der Waals surface area contributed by atoms with Crippen molar-refractivity contribution < 1.29 is 17.1 Å². The van der Waals surface area contributed by atoms with E-state index >= 15 is 0 Å². The maximum Gasteiger partial charge on any atom is 2.00 e. The minimum atomic E-state index is 0. The molecule has 0 saturated heterocycles. The first-order valence-corrected chi connectivity index (χ1v) is 19.2. The van der Waals surface area contributed by atoms with Crippen LogP contribution in [0.4, 0.5) is 0 Å². The number of hydrogen-bond donors (Lipinski definition) is 0. The van der Waals surface area contributed by atoms with E-state index in [0.29, 0.717) is 7.92 Å². The molecule has 0 amide bonds. The van der Waals surface area contributed by atoms with E-state index in [9.17, 15) is 0 Å². The van der Waals surface area contributed by atoms with Crippen LogP contribution in [0.2, 0.25) is 0 Å². The summed E-state index contributed by atoms with van der Waals surface area (Å²) < 4.78 is 0. The Kier molecular flexibility index (Phi) is 13.8. The Morgan fingerprint density at radius 1 is 0.486 bits per heavy atom. The molecule has 3 atom stereocenters. The van der Waals surface area contributed by atoms with Gasteiger partial charge in [-0.1, -0.05) is 122 Å². The van der Waals surface area contributed by atoms with Crippen LogP contribution < -0.4 is 5.30 Å². The number of benzene rings is 1. The molecule has 0 spiro atoms. The zero-order valence-corrected chi connectivity index (χ0v) is 26.4. The van der Waals surface area contributed by atoms with Crippen LogP contribution in [0.15, 0.2) is 30.3 Å². The van der Waals surface area contributed by atoms with Crippen LogP contribution in [0.1, 0.15) is 135 Å². The molecule has 3 unspecified atom stereocenters. The molecule has 0 aliphatic heterocycles. The van der Waals surface area contributed by atoms with Crippen molar-refractivity contribution in [3.05, 3.63) is 43.2 Å². The topological polar surface area (TPSA) is 0 Å². The minimum absolute atomic E-state index is 0.